The summed E-state index contributed by atoms with van der Waals surface area (Å²) in [6, 6.07) is 0. The van der Waals surface area contributed by atoms with Gasteiger partial charge >= 0.3 is 0 Å². The summed E-state index contributed by atoms with van der Waals surface area (Å²) in [5.41, 5.74) is 1.40. The summed E-state index contributed by atoms with van der Waals surface area (Å²) >= 11 is 0. The van der Waals surface area contributed by atoms with Crippen LogP contribution in [0.4, 0.5) is 0 Å². The van der Waals surface area contributed by atoms with Gasteiger partial charge in [-0.1, -0.05) is 20.3 Å². The Bertz CT molecular complexity index is 516. The van der Waals surface area contributed by atoms with Crippen molar-refractivity contribution >= 4 is 29.9 Å². The van der Waals surface area contributed by atoms with Crippen molar-refractivity contribution in [2.45, 2.75) is 66.8 Å². The van der Waals surface area contributed by atoms with Crippen molar-refractivity contribution in [3.8, 4) is 0 Å². The summed E-state index contributed by atoms with van der Waals surface area (Å²) < 4.78 is 5.60. The fourth-order valence-electron chi connectivity index (χ4n) is 3.36. The zero-order valence-electron chi connectivity index (χ0n) is 15.7. The van der Waals surface area contributed by atoms with E-state index in [4.69, 9.17) is 4.42 Å². The number of nitrogens with zero attached hydrogens (tertiary/aromatic N) is 2. The van der Waals surface area contributed by atoms with E-state index in [1.54, 1.807) is 0 Å². The van der Waals surface area contributed by atoms with Crippen molar-refractivity contribution in [2.75, 3.05) is 13.1 Å². The van der Waals surface area contributed by atoms with E-state index in [1.165, 1.54) is 25.7 Å². The second kappa shape index (κ2) is 9.63. The SMILES string of the molecule is CCNC(=NCc1nc(C)c(C)o1)NCC1(CC(C)C)CCC1.I. The molecule has 0 spiro atoms. The lowest BCUT2D eigenvalue weighted by molar-refractivity contribution is 0.104. The molecule has 0 atom stereocenters. The molecule has 1 aliphatic rings. The minimum absolute atomic E-state index is 0. The quantitative estimate of drug-likeness (QED) is 0.373. The number of rotatable bonds is 7. The van der Waals surface area contributed by atoms with E-state index in [1.807, 2.05) is 13.8 Å². The molecule has 1 aromatic heterocycles. The first-order valence-electron chi connectivity index (χ1n) is 8.89. The lowest BCUT2D eigenvalue weighted by Crippen LogP contribution is -2.47. The van der Waals surface area contributed by atoms with Gasteiger partial charge in [-0.15, -0.1) is 24.0 Å². The number of guanidine groups is 1. The Labute approximate surface area is 163 Å². The normalized spacial score (nSPS) is 16.5. The minimum atomic E-state index is 0. The van der Waals surface area contributed by atoms with Gasteiger partial charge in [-0.25, -0.2) is 9.98 Å². The lowest BCUT2D eigenvalue weighted by atomic mass is 9.64. The van der Waals surface area contributed by atoms with E-state index >= 15 is 0 Å². The molecule has 138 valence electrons. The van der Waals surface area contributed by atoms with Crippen LogP contribution in [0.2, 0.25) is 0 Å². The highest BCUT2D eigenvalue weighted by molar-refractivity contribution is 14.0. The Morgan fingerprint density at radius 1 is 1.29 bits per heavy atom. The molecule has 1 fully saturated rings. The Morgan fingerprint density at radius 2 is 2.00 bits per heavy atom. The molecule has 0 saturated heterocycles. The van der Waals surface area contributed by atoms with Crippen LogP contribution >= 0.6 is 24.0 Å². The molecule has 24 heavy (non-hydrogen) atoms. The molecule has 0 bridgehead atoms. The first kappa shape index (κ1) is 21.3. The van der Waals surface area contributed by atoms with Crippen molar-refractivity contribution in [3.63, 3.8) is 0 Å². The summed E-state index contributed by atoms with van der Waals surface area (Å²) in [6.45, 7) is 12.9. The number of hydrogen-bond donors (Lipinski definition) is 2. The van der Waals surface area contributed by atoms with Crippen LogP contribution in [0.25, 0.3) is 0 Å². The van der Waals surface area contributed by atoms with Gasteiger partial charge in [0.25, 0.3) is 0 Å². The predicted molar refractivity (Wildman–Crippen MR) is 110 cm³/mol. The van der Waals surface area contributed by atoms with Gasteiger partial charge in [0.2, 0.25) is 5.89 Å². The number of aromatic nitrogens is 1. The third-order valence-electron chi connectivity index (χ3n) is 4.68. The molecular weight excluding hydrogens is 415 g/mol. The molecular formula is C18H33IN4O. The van der Waals surface area contributed by atoms with Crippen LogP contribution in [0, 0.1) is 25.2 Å². The maximum absolute atomic E-state index is 5.60. The van der Waals surface area contributed by atoms with E-state index in [2.05, 4.69) is 41.4 Å². The van der Waals surface area contributed by atoms with Crippen molar-refractivity contribution in [2.24, 2.45) is 16.3 Å². The fourth-order valence-corrected chi connectivity index (χ4v) is 3.36. The maximum atomic E-state index is 5.60. The molecule has 1 aromatic rings. The zero-order valence-corrected chi connectivity index (χ0v) is 18.1. The molecule has 1 heterocycles. The average molecular weight is 448 g/mol. The van der Waals surface area contributed by atoms with Gasteiger partial charge in [0.15, 0.2) is 5.96 Å². The van der Waals surface area contributed by atoms with Crippen LogP contribution in [0.1, 0.15) is 63.8 Å². The summed E-state index contributed by atoms with van der Waals surface area (Å²) in [6.07, 6.45) is 5.31. The highest BCUT2D eigenvalue weighted by atomic mass is 127. The Balaban J connectivity index is 0.00000288. The van der Waals surface area contributed by atoms with Crippen molar-refractivity contribution < 1.29 is 4.42 Å². The van der Waals surface area contributed by atoms with Gasteiger partial charge in [-0.3, -0.25) is 0 Å². The molecule has 0 amide bonds. The molecule has 0 radical (unpaired) electrons. The lowest BCUT2D eigenvalue weighted by Gasteiger charge is -2.43. The van der Waals surface area contributed by atoms with E-state index in [0.717, 1.165) is 36.4 Å². The first-order chi connectivity index (χ1) is 10.9. The topological polar surface area (TPSA) is 62.5 Å². The number of oxazole rings is 1. The Morgan fingerprint density at radius 3 is 2.46 bits per heavy atom. The third-order valence-corrected chi connectivity index (χ3v) is 4.68. The molecule has 6 heteroatoms. The van der Waals surface area contributed by atoms with Crippen LogP contribution in [0.3, 0.4) is 0 Å². The summed E-state index contributed by atoms with van der Waals surface area (Å²) in [5.74, 6) is 3.15. The Kier molecular flexibility index (Phi) is 8.53. The molecule has 2 rings (SSSR count). The summed E-state index contributed by atoms with van der Waals surface area (Å²) in [4.78, 5) is 9.01. The summed E-state index contributed by atoms with van der Waals surface area (Å²) in [7, 11) is 0. The van der Waals surface area contributed by atoms with Crippen LogP contribution in [-0.2, 0) is 6.54 Å². The standard InChI is InChI=1S/C18H32N4O.HI/c1-6-19-17(20-11-16-22-14(4)15(5)23-16)21-12-18(8-7-9-18)10-13(2)3;/h13H,6-12H2,1-5H3,(H2,19,20,21);1H. The van der Waals surface area contributed by atoms with Crippen LogP contribution in [-0.4, -0.2) is 24.0 Å². The number of aliphatic imine (C=N–C) groups is 1. The number of hydrogen-bond acceptors (Lipinski definition) is 3. The molecule has 1 saturated carbocycles. The largest absolute Gasteiger partial charge is 0.444 e. The highest BCUT2D eigenvalue weighted by Gasteiger charge is 2.37. The second-order valence-corrected chi connectivity index (χ2v) is 7.25. The third kappa shape index (κ3) is 5.93. The van der Waals surface area contributed by atoms with Gasteiger partial charge in [0.05, 0.1) is 5.69 Å². The molecule has 0 aromatic carbocycles. The zero-order chi connectivity index (χ0) is 16.9. The second-order valence-electron chi connectivity index (χ2n) is 7.25. The highest BCUT2D eigenvalue weighted by Crippen LogP contribution is 2.45. The average Bonchev–Trinajstić information content (AvgIpc) is 2.77. The smallest absolute Gasteiger partial charge is 0.216 e. The minimum Gasteiger partial charge on any atom is -0.444 e. The summed E-state index contributed by atoms with van der Waals surface area (Å²) in [5, 5.41) is 6.85. The van der Waals surface area contributed by atoms with Crippen LogP contribution in [0.5, 0.6) is 0 Å². The molecule has 0 aliphatic heterocycles. The van der Waals surface area contributed by atoms with E-state index in [0.29, 0.717) is 17.9 Å². The number of aryl methyl sites for hydroxylation is 2. The molecule has 1 aliphatic carbocycles. The van der Waals surface area contributed by atoms with Gasteiger partial charge in [-0.2, -0.15) is 0 Å². The van der Waals surface area contributed by atoms with Crippen molar-refractivity contribution in [1.29, 1.82) is 0 Å². The van der Waals surface area contributed by atoms with Gasteiger partial charge in [0, 0.05) is 13.1 Å². The van der Waals surface area contributed by atoms with Gasteiger partial charge in [0.1, 0.15) is 12.3 Å². The van der Waals surface area contributed by atoms with Crippen molar-refractivity contribution in [1.82, 2.24) is 15.6 Å². The first-order valence-corrected chi connectivity index (χ1v) is 8.89. The van der Waals surface area contributed by atoms with Gasteiger partial charge in [-0.05, 0) is 51.4 Å². The predicted octanol–water partition coefficient (Wildman–Crippen LogP) is 4.18. The van der Waals surface area contributed by atoms with Gasteiger partial charge < -0.3 is 15.1 Å². The fraction of sp³-hybridized carbons (Fsp3) is 0.778. The molecule has 0 unspecified atom stereocenters. The number of halogens is 1. The van der Waals surface area contributed by atoms with Crippen molar-refractivity contribution in [3.05, 3.63) is 17.3 Å². The van der Waals surface area contributed by atoms with Crippen LogP contribution in [0.15, 0.2) is 9.41 Å². The molecule has 2 N–H and O–H groups in total. The monoisotopic (exact) mass is 448 g/mol. The maximum Gasteiger partial charge on any atom is 0.216 e. The van der Waals surface area contributed by atoms with E-state index < -0.39 is 0 Å². The molecule has 5 nitrogen and oxygen atoms in total. The van der Waals surface area contributed by atoms with Crippen LogP contribution < -0.4 is 10.6 Å². The van der Waals surface area contributed by atoms with E-state index in [-0.39, 0.29) is 24.0 Å². The number of nitrogens with one attached hydrogen (secondary N) is 2. The van der Waals surface area contributed by atoms with E-state index in [9.17, 15) is 0 Å². The Hall–Kier alpha value is -0.790.